The third-order valence-corrected chi connectivity index (χ3v) is 4.34. The van der Waals surface area contributed by atoms with E-state index < -0.39 is 0 Å². The molecule has 0 saturated heterocycles. The number of rotatable bonds is 3. The highest BCUT2D eigenvalue weighted by atomic mass is 79.9. The van der Waals surface area contributed by atoms with E-state index in [1.807, 2.05) is 43.3 Å². The summed E-state index contributed by atoms with van der Waals surface area (Å²) in [5.74, 6) is 1.70. The molecule has 0 aliphatic rings. The number of benzene rings is 1. The second kappa shape index (κ2) is 5.34. The maximum Gasteiger partial charge on any atom is 0.164 e. The molecule has 116 valence electrons. The first-order valence-corrected chi connectivity index (χ1v) is 7.94. The fourth-order valence-corrected chi connectivity index (χ4v) is 3.33. The van der Waals surface area contributed by atoms with Crippen molar-refractivity contribution in [3.8, 4) is 0 Å². The summed E-state index contributed by atoms with van der Waals surface area (Å²) in [6.45, 7) is 0.613. The Morgan fingerprint density at radius 3 is 2.91 bits per heavy atom. The van der Waals surface area contributed by atoms with Crippen LogP contribution in [0.2, 0.25) is 0 Å². The molecule has 0 spiro atoms. The van der Waals surface area contributed by atoms with Crippen LogP contribution in [-0.4, -0.2) is 26.8 Å². The highest BCUT2D eigenvalue weighted by Crippen LogP contribution is 2.30. The minimum atomic E-state index is 0.613. The summed E-state index contributed by atoms with van der Waals surface area (Å²) in [5, 5.41) is 6.36. The lowest BCUT2D eigenvalue weighted by Gasteiger charge is -2.17. The van der Waals surface area contributed by atoms with E-state index in [9.17, 15) is 0 Å². The molecular formula is C16H14BrN5O. The van der Waals surface area contributed by atoms with Crippen LogP contribution >= 0.6 is 15.9 Å². The Balaban J connectivity index is 1.73. The molecule has 0 fully saturated rings. The molecular weight excluding hydrogens is 358 g/mol. The van der Waals surface area contributed by atoms with Crippen LogP contribution in [0.5, 0.6) is 0 Å². The lowest BCUT2D eigenvalue weighted by atomic mass is 10.2. The quantitative estimate of drug-likeness (QED) is 0.551. The van der Waals surface area contributed by atoms with Gasteiger partial charge >= 0.3 is 0 Å². The van der Waals surface area contributed by atoms with Gasteiger partial charge < -0.3 is 9.32 Å². The fourth-order valence-electron chi connectivity index (χ4n) is 2.74. The van der Waals surface area contributed by atoms with Crippen LogP contribution in [-0.2, 0) is 13.6 Å². The number of halogens is 1. The predicted octanol–water partition coefficient (Wildman–Crippen LogP) is 3.51. The number of nitrogens with zero attached hydrogens (tertiary/aromatic N) is 5. The monoisotopic (exact) mass is 371 g/mol. The Morgan fingerprint density at radius 1 is 1.26 bits per heavy atom. The van der Waals surface area contributed by atoms with Gasteiger partial charge in [-0.15, -0.1) is 0 Å². The van der Waals surface area contributed by atoms with Crippen LogP contribution in [0.3, 0.4) is 0 Å². The number of aromatic nitrogens is 4. The molecule has 0 radical (unpaired) electrons. The van der Waals surface area contributed by atoms with E-state index in [0.717, 1.165) is 38.2 Å². The highest BCUT2D eigenvalue weighted by Gasteiger charge is 2.17. The molecule has 3 heterocycles. The predicted molar refractivity (Wildman–Crippen MR) is 92.3 cm³/mol. The first-order valence-electron chi connectivity index (χ1n) is 7.15. The molecule has 0 bridgehead atoms. The Labute approximate surface area is 140 Å². The zero-order valence-corrected chi connectivity index (χ0v) is 14.3. The van der Waals surface area contributed by atoms with Crippen molar-refractivity contribution in [1.29, 1.82) is 0 Å². The van der Waals surface area contributed by atoms with Crippen LogP contribution in [0.15, 0.2) is 45.7 Å². The minimum absolute atomic E-state index is 0.613. The Hall–Kier alpha value is -2.41. The summed E-state index contributed by atoms with van der Waals surface area (Å²) in [6.07, 6.45) is 1.56. The number of hydrogen-bond donors (Lipinski definition) is 0. The summed E-state index contributed by atoms with van der Waals surface area (Å²) < 4.78 is 8.36. The van der Waals surface area contributed by atoms with Crippen LogP contribution in [0.1, 0.15) is 5.76 Å². The first-order chi connectivity index (χ1) is 11.1. The average Bonchev–Trinajstić information content (AvgIpc) is 3.08. The van der Waals surface area contributed by atoms with E-state index in [1.54, 1.807) is 11.0 Å². The second-order valence-corrected chi connectivity index (χ2v) is 6.17. The summed E-state index contributed by atoms with van der Waals surface area (Å²) >= 11 is 3.49. The molecule has 0 atom stereocenters. The summed E-state index contributed by atoms with van der Waals surface area (Å²) in [4.78, 5) is 10.8. The van der Waals surface area contributed by atoms with Gasteiger partial charge in [-0.1, -0.05) is 18.2 Å². The van der Waals surface area contributed by atoms with Crippen molar-refractivity contribution >= 4 is 43.8 Å². The standard InChI is InChI=1S/C16H14BrN5O/c1-21(8-11-7-10-5-3-4-6-12(10)23-11)15-13-14(17)20-22(2)16(13)19-9-18-15/h3-7,9H,8H2,1-2H3. The molecule has 1 aromatic carbocycles. The smallest absolute Gasteiger partial charge is 0.164 e. The molecule has 6 nitrogen and oxygen atoms in total. The second-order valence-electron chi connectivity index (χ2n) is 5.42. The number of aryl methyl sites for hydroxylation is 1. The molecule has 0 saturated carbocycles. The van der Waals surface area contributed by atoms with Gasteiger partial charge in [0.2, 0.25) is 0 Å². The van der Waals surface area contributed by atoms with E-state index in [0.29, 0.717) is 6.54 Å². The maximum atomic E-state index is 5.89. The maximum absolute atomic E-state index is 5.89. The minimum Gasteiger partial charge on any atom is -0.459 e. The van der Waals surface area contributed by atoms with Gasteiger partial charge in [-0.25, -0.2) is 14.6 Å². The van der Waals surface area contributed by atoms with Crippen LogP contribution in [0.4, 0.5) is 5.82 Å². The van der Waals surface area contributed by atoms with Gasteiger partial charge in [-0.05, 0) is 28.1 Å². The molecule has 7 heteroatoms. The Morgan fingerprint density at radius 2 is 2.09 bits per heavy atom. The van der Waals surface area contributed by atoms with Gasteiger partial charge in [-0.2, -0.15) is 5.10 Å². The number of para-hydroxylation sites is 1. The van der Waals surface area contributed by atoms with Gasteiger partial charge in [0.15, 0.2) is 5.65 Å². The topological polar surface area (TPSA) is 60.0 Å². The average molecular weight is 372 g/mol. The van der Waals surface area contributed by atoms with Crippen LogP contribution in [0.25, 0.3) is 22.0 Å². The van der Waals surface area contributed by atoms with Gasteiger partial charge in [0.1, 0.15) is 28.1 Å². The van der Waals surface area contributed by atoms with Crippen molar-refractivity contribution in [2.24, 2.45) is 7.05 Å². The lowest BCUT2D eigenvalue weighted by molar-refractivity contribution is 0.545. The Kier molecular flexibility index (Phi) is 3.30. The van der Waals surface area contributed by atoms with Crippen molar-refractivity contribution in [2.75, 3.05) is 11.9 Å². The largest absolute Gasteiger partial charge is 0.459 e. The van der Waals surface area contributed by atoms with Crippen LogP contribution in [0, 0.1) is 0 Å². The van der Waals surface area contributed by atoms with Gasteiger partial charge in [0.25, 0.3) is 0 Å². The fraction of sp³-hybridized carbons (Fsp3) is 0.188. The van der Waals surface area contributed by atoms with E-state index in [2.05, 4.69) is 37.1 Å². The van der Waals surface area contributed by atoms with Crippen molar-refractivity contribution in [1.82, 2.24) is 19.7 Å². The number of hydrogen-bond acceptors (Lipinski definition) is 5. The summed E-state index contributed by atoms with van der Waals surface area (Å²) in [5.41, 5.74) is 1.68. The van der Waals surface area contributed by atoms with Crippen molar-refractivity contribution in [3.63, 3.8) is 0 Å². The number of furan rings is 1. The number of fused-ring (bicyclic) bond motifs is 2. The molecule has 0 amide bonds. The normalized spacial score (nSPS) is 11.4. The highest BCUT2D eigenvalue weighted by molar-refractivity contribution is 9.10. The van der Waals surface area contributed by atoms with E-state index >= 15 is 0 Å². The summed E-state index contributed by atoms with van der Waals surface area (Å²) in [6, 6.07) is 10.1. The Bertz CT molecular complexity index is 973. The molecule has 4 rings (SSSR count). The van der Waals surface area contributed by atoms with E-state index in [-0.39, 0.29) is 0 Å². The number of anilines is 1. The molecule has 4 aromatic rings. The van der Waals surface area contributed by atoms with Crippen molar-refractivity contribution in [2.45, 2.75) is 6.54 Å². The van der Waals surface area contributed by atoms with Gasteiger partial charge in [-0.3, -0.25) is 0 Å². The van der Waals surface area contributed by atoms with Crippen molar-refractivity contribution in [3.05, 3.63) is 47.0 Å². The summed E-state index contributed by atoms with van der Waals surface area (Å²) in [7, 11) is 3.84. The zero-order valence-electron chi connectivity index (χ0n) is 12.7. The van der Waals surface area contributed by atoms with E-state index in [4.69, 9.17) is 4.42 Å². The SMILES string of the molecule is CN(Cc1cc2ccccc2o1)c1ncnc2c1c(Br)nn2C. The van der Waals surface area contributed by atoms with Crippen LogP contribution < -0.4 is 4.90 Å². The molecule has 3 aromatic heterocycles. The molecule has 0 N–H and O–H groups in total. The van der Waals surface area contributed by atoms with Crippen molar-refractivity contribution < 1.29 is 4.42 Å². The molecule has 0 aliphatic carbocycles. The molecule has 0 unspecified atom stereocenters. The third-order valence-electron chi connectivity index (χ3n) is 3.79. The molecule has 0 aliphatic heterocycles. The van der Waals surface area contributed by atoms with Gasteiger partial charge in [0, 0.05) is 19.5 Å². The lowest BCUT2D eigenvalue weighted by Crippen LogP contribution is -2.17. The molecule has 23 heavy (non-hydrogen) atoms. The van der Waals surface area contributed by atoms with E-state index in [1.165, 1.54) is 0 Å². The third kappa shape index (κ3) is 2.37. The first kappa shape index (κ1) is 14.2. The van der Waals surface area contributed by atoms with Gasteiger partial charge in [0.05, 0.1) is 11.9 Å². The zero-order chi connectivity index (χ0) is 16.0.